The highest BCUT2D eigenvalue weighted by atomic mass is 15.4. The summed E-state index contributed by atoms with van der Waals surface area (Å²) >= 11 is 0. The van der Waals surface area contributed by atoms with Crippen molar-refractivity contribution in [2.75, 3.05) is 0 Å². The van der Waals surface area contributed by atoms with E-state index >= 15 is 0 Å². The van der Waals surface area contributed by atoms with E-state index in [0.717, 1.165) is 24.4 Å². The fraction of sp³-hybridized carbons (Fsp3) is 0.700. The molecule has 0 radical (unpaired) electrons. The summed E-state index contributed by atoms with van der Waals surface area (Å²) in [6, 6.07) is 2.12. The minimum absolute atomic E-state index is 0.358. The molecule has 4 nitrogen and oxygen atoms in total. The van der Waals surface area contributed by atoms with Crippen molar-refractivity contribution in [1.29, 1.82) is 5.26 Å². The summed E-state index contributed by atoms with van der Waals surface area (Å²) in [5.41, 5.74) is 1.93. The summed E-state index contributed by atoms with van der Waals surface area (Å²) in [6.45, 7) is 7.19. The number of aryl methyl sites for hydroxylation is 1. The molecule has 0 aliphatic carbocycles. The highest BCUT2D eigenvalue weighted by molar-refractivity contribution is 5.17. The van der Waals surface area contributed by atoms with Crippen molar-refractivity contribution in [2.24, 2.45) is 0 Å². The summed E-state index contributed by atoms with van der Waals surface area (Å²) in [7, 11) is 0. The molecule has 0 aliphatic rings. The first-order valence-electron chi connectivity index (χ1n) is 4.99. The van der Waals surface area contributed by atoms with Gasteiger partial charge in [0.2, 0.25) is 0 Å². The Kier molecular flexibility index (Phi) is 3.63. The summed E-state index contributed by atoms with van der Waals surface area (Å²) in [4.78, 5) is 0. The van der Waals surface area contributed by atoms with E-state index in [9.17, 15) is 0 Å². The van der Waals surface area contributed by atoms with Crippen molar-refractivity contribution in [3.8, 4) is 6.07 Å². The Balaban J connectivity index is 3.01. The lowest BCUT2D eigenvalue weighted by Gasteiger charge is -2.08. The van der Waals surface area contributed by atoms with Crippen LogP contribution in [-0.4, -0.2) is 15.0 Å². The molecule has 4 heteroatoms. The molecule has 1 aromatic heterocycles. The average Bonchev–Trinajstić information content (AvgIpc) is 2.49. The monoisotopic (exact) mass is 192 g/mol. The SMILES string of the molecule is CCCn1nnc(CC#N)c1C(C)C. The Morgan fingerprint density at radius 3 is 2.71 bits per heavy atom. The Morgan fingerprint density at radius 1 is 1.50 bits per heavy atom. The van der Waals surface area contributed by atoms with Crippen molar-refractivity contribution in [1.82, 2.24) is 15.0 Å². The van der Waals surface area contributed by atoms with E-state index in [2.05, 4.69) is 37.2 Å². The zero-order chi connectivity index (χ0) is 10.6. The molecule has 0 N–H and O–H groups in total. The molecule has 1 aromatic rings. The lowest BCUT2D eigenvalue weighted by Crippen LogP contribution is -2.07. The molecule has 0 amide bonds. The largest absolute Gasteiger partial charge is 0.249 e. The van der Waals surface area contributed by atoms with Crippen LogP contribution in [-0.2, 0) is 13.0 Å². The van der Waals surface area contributed by atoms with Crippen LogP contribution < -0.4 is 0 Å². The number of nitrogens with zero attached hydrogens (tertiary/aromatic N) is 4. The number of nitriles is 1. The van der Waals surface area contributed by atoms with Gasteiger partial charge in [-0.3, -0.25) is 0 Å². The summed E-state index contributed by atoms with van der Waals surface area (Å²) < 4.78 is 1.91. The first-order chi connectivity index (χ1) is 6.70. The zero-order valence-electron chi connectivity index (χ0n) is 8.99. The molecule has 0 aliphatic heterocycles. The van der Waals surface area contributed by atoms with Gasteiger partial charge in [0.1, 0.15) is 5.69 Å². The molecule has 1 heterocycles. The predicted molar refractivity (Wildman–Crippen MR) is 53.7 cm³/mol. The van der Waals surface area contributed by atoms with Gasteiger partial charge in [0.15, 0.2) is 0 Å². The second kappa shape index (κ2) is 4.75. The Labute approximate surface area is 84.5 Å². The van der Waals surface area contributed by atoms with Crippen LogP contribution >= 0.6 is 0 Å². The van der Waals surface area contributed by atoms with Crippen LogP contribution in [0.1, 0.15) is 44.5 Å². The molecule has 0 fully saturated rings. The fourth-order valence-electron chi connectivity index (χ4n) is 1.57. The van der Waals surface area contributed by atoms with E-state index in [0.29, 0.717) is 12.3 Å². The average molecular weight is 192 g/mol. The lowest BCUT2D eigenvalue weighted by atomic mass is 10.1. The van der Waals surface area contributed by atoms with E-state index in [1.165, 1.54) is 0 Å². The van der Waals surface area contributed by atoms with Gasteiger partial charge in [-0.05, 0) is 12.3 Å². The van der Waals surface area contributed by atoms with Gasteiger partial charge in [0, 0.05) is 6.54 Å². The van der Waals surface area contributed by atoms with E-state index in [4.69, 9.17) is 5.26 Å². The van der Waals surface area contributed by atoms with Crippen LogP contribution in [0.15, 0.2) is 0 Å². The van der Waals surface area contributed by atoms with Gasteiger partial charge in [-0.1, -0.05) is 26.0 Å². The molecule has 0 aromatic carbocycles. The van der Waals surface area contributed by atoms with Crippen LogP contribution in [0.2, 0.25) is 0 Å². The van der Waals surface area contributed by atoms with Crippen molar-refractivity contribution in [2.45, 2.75) is 46.1 Å². The predicted octanol–water partition coefficient (Wildman–Crippen LogP) is 1.88. The van der Waals surface area contributed by atoms with Crippen molar-refractivity contribution >= 4 is 0 Å². The molecule has 0 saturated carbocycles. The first kappa shape index (κ1) is 10.7. The third-order valence-electron chi connectivity index (χ3n) is 2.08. The first-order valence-corrected chi connectivity index (χ1v) is 4.99. The third-order valence-corrected chi connectivity index (χ3v) is 2.08. The number of hydrogen-bond acceptors (Lipinski definition) is 3. The molecule has 0 saturated heterocycles. The number of hydrogen-bond donors (Lipinski definition) is 0. The molecule has 0 spiro atoms. The van der Waals surface area contributed by atoms with Gasteiger partial charge in [-0.2, -0.15) is 5.26 Å². The second-order valence-electron chi connectivity index (χ2n) is 3.63. The minimum Gasteiger partial charge on any atom is -0.249 e. The molecule has 1 rings (SSSR count). The van der Waals surface area contributed by atoms with Crippen molar-refractivity contribution in [3.05, 3.63) is 11.4 Å². The van der Waals surface area contributed by atoms with Gasteiger partial charge in [0.25, 0.3) is 0 Å². The maximum Gasteiger partial charge on any atom is 0.100 e. The van der Waals surface area contributed by atoms with Gasteiger partial charge in [-0.25, -0.2) is 4.68 Å². The molecule has 0 bridgehead atoms. The molecule has 76 valence electrons. The summed E-state index contributed by atoms with van der Waals surface area (Å²) in [5, 5.41) is 16.7. The maximum absolute atomic E-state index is 8.64. The summed E-state index contributed by atoms with van der Waals surface area (Å²) in [6.07, 6.45) is 1.40. The number of aromatic nitrogens is 3. The maximum atomic E-state index is 8.64. The van der Waals surface area contributed by atoms with Crippen LogP contribution in [0.3, 0.4) is 0 Å². The van der Waals surface area contributed by atoms with E-state index < -0.39 is 0 Å². The number of rotatable bonds is 4. The highest BCUT2D eigenvalue weighted by Gasteiger charge is 2.14. The summed E-state index contributed by atoms with van der Waals surface area (Å²) in [5.74, 6) is 0.375. The lowest BCUT2D eigenvalue weighted by molar-refractivity contribution is 0.541. The highest BCUT2D eigenvalue weighted by Crippen LogP contribution is 2.17. The standard InChI is InChI=1S/C10H16N4/c1-4-7-14-10(8(2)3)9(5-6-11)12-13-14/h8H,4-5,7H2,1-3H3. The Bertz CT molecular complexity index is 332. The van der Waals surface area contributed by atoms with Gasteiger partial charge < -0.3 is 0 Å². The van der Waals surface area contributed by atoms with Gasteiger partial charge in [-0.15, -0.1) is 5.10 Å². The minimum atomic E-state index is 0.358. The van der Waals surface area contributed by atoms with Gasteiger partial charge >= 0.3 is 0 Å². The Hall–Kier alpha value is -1.37. The fourth-order valence-corrected chi connectivity index (χ4v) is 1.57. The van der Waals surface area contributed by atoms with Crippen molar-refractivity contribution in [3.63, 3.8) is 0 Å². The molecule has 0 atom stereocenters. The van der Waals surface area contributed by atoms with Crippen LogP contribution in [0.25, 0.3) is 0 Å². The van der Waals surface area contributed by atoms with Crippen molar-refractivity contribution < 1.29 is 0 Å². The second-order valence-corrected chi connectivity index (χ2v) is 3.63. The van der Waals surface area contributed by atoms with Crippen LogP contribution in [0.5, 0.6) is 0 Å². The van der Waals surface area contributed by atoms with E-state index in [1.54, 1.807) is 0 Å². The normalized spacial score (nSPS) is 10.5. The Morgan fingerprint density at radius 2 is 2.21 bits per heavy atom. The smallest absolute Gasteiger partial charge is 0.100 e. The van der Waals surface area contributed by atoms with E-state index in [-0.39, 0.29) is 0 Å². The molecule has 0 unspecified atom stereocenters. The molecular weight excluding hydrogens is 176 g/mol. The van der Waals surface area contributed by atoms with Crippen LogP contribution in [0.4, 0.5) is 0 Å². The zero-order valence-corrected chi connectivity index (χ0v) is 8.99. The quantitative estimate of drug-likeness (QED) is 0.731. The van der Waals surface area contributed by atoms with Gasteiger partial charge in [0.05, 0.1) is 18.2 Å². The van der Waals surface area contributed by atoms with Crippen LogP contribution in [0, 0.1) is 11.3 Å². The molecular formula is C10H16N4. The van der Waals surface area contributed by atoms with E-state index in [1.807, 2.05) is 4.68 Å². The topological polar surface area (TPSA) is 54.5 Å². The third kappa shape index (κ3) is 2.11. The molecule has 14 heavy (non-hydrogen) atoms.